The highest BCUT2D eigenvalue weighted by molar-refractivity contribution is 9.10. The van der Waals surface area contributed by atoms with Crippen LogP contribution in [0.5, 0.6) is 5.75 Å². The number of carbonyl (C=O) groups is 1. The predicted molar refractivity (Wildman–Crippen MR) is 170 cm³/mol. The summed E-state index contributed by atoms with van der Waals surface area (Å²) < 4.78 is 7.90. The van der Waals surface area contributed by atoms with Gasteiger partial charge in [-0.2, -0.15) is 5.10 Å². The number of thiazole rings is 1. The van der Waals surface area contributed by atoms with Crippen LogP contribution in [-0.4, -0.2) is 17.1 Å². The molecule has 0 fully saturated rings. The number of halogens is 2. The van der Waals surface area contributed by atoms with E-state index in [1.807, 2.05) is 72.1 Å². The third-order valence-electron chi connectivity index (χ3n) is 5.90. The number of carbonyl (C=O) groups excluding carboxylic acids is 1. The van der Waals surface area contributed by atoms with Gasteiger partial charge in [0, 0.05) is 36.7 Å². The van der Waals surface area contributed by atoms with E-state index in [1.165, 1.54) is 16.9 Å². The smallest absolute Gasteiger partial charge is 0.271 e. The molecule has 200 valence electrons. The molecule has 0 saturated heterocycles. The highest BCUT2D eigenvalue weighted by Gasteiger charge is 2.09. The van der Waals surface area contributed by atoms with E-state index >= 15 is 0 Å². The standard InChI is InChI=1S/C31H24Br2N4O2S/c1-20-2-13-27(14-3-20)35-31-36-28(19-40-31)22-6-8-23(9-7-22)30(38)37-34-17-24-16-26(33)12-15-29(24)39-18-21-4-10-25(32)11-5-21/h2-17,19H,18H2,1H3,(H,35,36)(H,37,38)/b34-17-. The molecule has 0 bridgehead atoms. The highest BCUT2D eigenvalue weighted by Crippen LogP contribution is 2.28. The first-order valence-corrected chi connectivity index (χ1v) is 14.8. The molecular formula is C31H24Br2N4O2S. The summed E-state index contributed by atoms with van der Waals surface area (Å²) in [5.41, 5.74) is 8.84. The molecule has 0 spiro atoms. The lowest BCUT2D eigenvalue weighted by Gasteiger charge is -2.10. The first kappa shape index (κ1) is 27.8. The van der Waals surface area contributed by atoms with Gasteiger partial charge < -0.3 is 10.1 Å². The Morgan fingerprint density at radius 1 is 0.950 bits per heavy atom. The second kappa shape index (κ2) is 13.0. The SMILES string of the molecule is Cc1ccc(Nc2nc(-c3ccc(C(=O)N/N=C\c4cc(Br)ccc4OCc4ccc(Br)cc4)cc3)cs2)cc1. The van der Waals surface area contributed by atoms with Crippen LogP contribution in [0.1, 0.15) is 27.0 Å². The van der Waals surface area contributed by atoms with Crippen LogP contribution < -0.4 is 15.5 Å². The number of aryl methyl sites for hydroxylation is 1. The number of amides is 1. The first-order chi connectivity index (χ1) is 19.4. The largest absolute Gasteiger partial charge is 0.488 e. The van der Waals surface area contributed by atoms with Crippen molar-refractivity contribution in [2.24, 2.45) is 5.10 Å². The number of nitrogens with zero attached hydrogens (tertiary/aromatic N) is 2. The minimum absolute atomic E-state index is 0.310. The predicted octanol–water partition coefficient (Wildman–Crippen LogP) is 8.73. The third-order valence-corrected chi connectivity index (χ3v) is 7.68. The fourth-order valence-corrected chi connectivity index (χ4v) is 5.12. The lowest BCUT2D eigenvalue weighted by Crippen LogP contribution is -2.17. The van der Waals surface area contributed by atoms with Crippen molar-refractivity contribution >= 4 is 66.1 Å². The Morgan fingerprint density at radius 2 is 1.68 bits per heavy atom. The first-order valence-electron chi connectivity index (χ1n) is 12.3. The van der Waals surface area contributed by atoms with Crippen LogP contribution in [0.25, 0.3) is 11.3 Å². The molecule has 0 aliphatic rings. The van der Waals surface area contributed by atoms with Crippen LogP contribution >= 0.6 is 43.2 Å². The van der Waals surface area contributed by atoms with Gasteiger partial charge in [0.1, 0.15) is 12.4 Å². The topological polar surface area (TPSA) is 75.6 Å². The molecule has 0 aliphatic carbocycles. The lowest BCUT2D eigenvalue weighted by molar-refractivity contribution is 0.0955. The van der Waals surface area contributed by atoms with Gasteiger partial charge in [0.2, 0.25) is 0 Å². The van der Waals surface area contributed by atoms with E-state index in [1.54, 1.807) is 18.3 Å². The molecule has 2 N–H and O–H groups in total. The van der Waals surface area contributed by atoms with Gasteiger partial charge in [0.25, 0.3) is 5.91 Å². The summed E-state index contributed by atoms with van der Waals surface area (Å²) in [5, 5.41) is 10.3. The summed E-state index contributed by atoms with van der Waals surface area (Å²) in [6.45, 7) is 2.47. The van der Waals surface area contributed by atoms with Crippen molar-refractivity contribution in [3.05, 3.63) is 128 Å². The van der Waals surface area contributed by atoms with E-state index in [4.69, 9.17) is 4.74 Å². The molecule has 5 aromatic rings. The van der Waals surface area contributed by atoms with Crippen LogP contribution in [-0.2, 0) is 6.61 Å². The average molecular weight is 676 g/mol. The maximum Gasteiger partial charge on any atom is 0.271 e. The second-order valence-corrected chi connectivity index (χ2v) is 11.6. The van der Waals surface area contributed by atoms with Crippen LogP contribution in [0, 0.1) is 6.92 Å². The maximum atomic E-state index is 12.7. The van der Waals surface area contributed by atoms with Crippen molar-refractivity contribution in [3.63, 3.8) is 0 Å². The summed E-state index contributed by atoms with van der Waals surface area (Å²) in [6, 6.07) is 29.1. The monoisotopic (exact) mass is 674 g/mol. The van der Waals surface area contributed by atoms with Crippen molar-refractivity contribution in [2.75, 3.05) is 5.32 Å². The highest BCUT2D eigenvalue weighted by atomic mass is 79.9. The molecular weight excluding hydrogens is 652 g/mol. The van der Waals surface area contributed by atoms with Gasteiger partial charge in [-0.15, -0.1) is 11.3 Å². The van der Waals surface area contributed by atoms with Gasteiger partial charge in [-0.05, 0) is 67.1 Å². The second-order valence-electron chi connectivity index (χ2n) is 8.90. The quantitative estimate of drug-likeness (QED) is 0.121. The molecule has 0 aliphatic heterocycles. The number of anilines is 2. The molecule has 1 amide bonds. The fraction of sp³-hybridized carbons (Fsp3) is 0.0645. The van der Waals surface area contributed by atoms with Gasteiger partial charge in [-0.25, -0.2) is 10.4 Å². The van der Waals surface area contributed by atoms with Crippen molar-refractivity contribution in [3.8, 4) is 17.0 Å². The number of nitrogens with one attached hydrogen (secondary N) is 2. The Bertz CT molecular complexity index is 1630. The number of benzene rings is 4. The van der Waals surface area contributed by atoms with Gasteiger partial charge >= 0.3 is 0 Å². The summed E-state index contributed by atoms with van der Waals surface area (Å²) in [6.07, 6.45) is 1.58. The van der Waals surface area contributed by atoms with E-state index in [0.29, 0.717) is 17.9 Å². The van der Waals surface area contributed by atoms with Gasteiger partial charge in [0.05, 0.1) is 11.9 Å². The number of hydrazone groups is 1. The normalized spacial score (nSPS) is 11.0. The number of hydrogen-bond donors (Lipinski definition) is 2. The van der Waals surface area contributed by atoms with E-state index in [0.717, 1.165) is 42.1 Å². The summed E-state index contributed by atoms with van der Waals surface area (Å²) in [4.78, 5) is 17.4. The number of hydrogen-bond acceptors (Lipinski definition) is 6. The van der Waals surface area contributed by atoms with Crippen molar-refractivity contribution in [2.45, 2.75) is 13.5 Å². The van der Waals surface area contributed by atoms with Crippen molar-refractivity contribution in [1.82, 2.24) is 10.4 Å². The van der Waals surface area contributed by atoms with Crippen LogP contribution in [0.4, 0.5) is 10.8 Å². The third kappa shape index (κ3) is 7.44. The van der Waals surface area contributed by atoms with Crippen LogP contribution in [0.15, 0.2) is 110 Å². The molecule has 0 unspecified atom stereocenters. The average Bonchev–Trinajstić information content (AvgIpc) is 3.43. The molecule has 1 aromatic heterocycles. The zero-order valence-electron chi connectivity index (χ0n) is 21.4. The molecule has 5 rings (SSSR count). The van der Waals surface area contributed by atoms with E-state index in [9.17, 15) is 4.79 Å². The Hall–Kier alpha value is -3.79. The zero-order valence-corrected chi connectivity index (χ0v) is 25.4. The van der Waals surface area contributed by atoms with Gasteiger partial charge in [-0.1, -0.05) is 73.8 Å². The molecule has 0 saturated carbocycles. The molecule has 9 heteroatoms. The summed E-state index contributed by atoms with van der Waals surface area (Å²) in [7, 11) is 0. The Labute approximate surface area is 253 Å². The fourth-order valence-electron chi connectivity index (χ4n) is 3.73. The van der Waals surface area contributed by atoms with E-state index in [2.05, 4.69) is 71.7 Å². The minimum atomic E-state index is -0.310. The number of ether oxygens (including phenoxy) is 1. The molecule has 4 aromatic carbocycles. The number of aromatic nitrogens is 1. The number of rotatable bonds is 9. The molecule has 0 atom stereocenters. The molecule has 1 heterocycles. The van der Waals surface area contributed by atoms with E-state index < -0.39 is 0 Å². The summed E-state index contributed by atoms with van der Waals surface area (Å²) in [5.74, 6) is 0.350. The van der Waals surface area contributed by atoms with Gasteiger partial charge in [0.15, 0.2) is 5.13 Å². The molecule has 40 heavy (non-hydrogen) atoms. The molecule has 6 nitrogen and oxygen atoms in total. The zero-order chi connectivity index (χ0) is 27.9. The van der Waals surface area contributed by atoms with Crippen molar-refractivity contribution in [1.29, 1.82) is 0 Å². The Morgan fingerprint density at radius 3 is 2.42 bits per heavy atom. The van der Waals surface area contributed by atoms with Gasteiger partial charge in [-0.3, -0.25) is 4.79 Å². The van der Waals surface area contributed by atoms with Crippen molar-refractivity contribution < 1.29 is 9.53 Å². The lowest BCUT2D eigenvalue weighted by atomic mass is 10.1. The minimum Gasteiger partial charge on any atom is -0.488 e. The molecule has 0 radical (unpaired) electrons. The van der Waals surface area contributed by atoms with Crippen LogP contribution in [0.3, 0.4) is 0 Å². The maximum absolute atomic E-state index is 12.7. The van der Waals surface area contributed by atoms with E-state index in [-0.39, 0.29) is 5.91 Å². The van der Waals surface area contributed by atoms with Crippen LogP contribution in [0.2, 0.25) is 0 Å². The summed E-state index contributed by atoms with van der Waals surface area (Å²) >= 11 is 8.46. The Balaban J connectivity index is 1.19. The Kier molecular flexibility index (Phi) is 9.05.